The molecule has 2 rings (SSSR count). The lowest BCUT2D eigenvalue weighted by atomic mass is 10.0. The molecule has 2 aliphatic rings. The molecule has 9 atom stereocenters. The summed E-state index contributed by atoms with van der Waals surface area (Å²) in [5.41, 5.74) is 5.65. The van der Waals surface area contributed by atoms with Crippen LogP contribution in [0.4, 0.5) is 0 Å². The summed E-state index contributed by atoms with van der Waals surface area (Å²) >= 11 is 0. The summed E-state index contributed by atoms with van der Waals surface area (Å²) in [7, 11) is 0. The fourth-order valence-corrected chi connectivity index (χ4v) is 6.68. The van der Waals surface area contributed by atoms with Crippen LogP contribution in [0.25, 0.3) is 0 Å². The third-order valence-electron chi connectivity index (χ3n) is 9.72. The van der Waals surface area contributed by atoms with Crippen molar-refractivity contribution in [2.75, 3.05) is 19.6 Å². The van der Waals surface area contributed by atoms with Crippen molar-refractivity contribution >= 4 is 53.2 Å². The van der Waals surface area contributed by atoms with Gasteiger partial charge in [0.05, 0.1) is 18.7 Å². The highest BCUT2D eigenvalue weighted by atomic mass is 16.4. The van der Waals surface area contributed by atoms with Crippen molar-refractivity contribution in [3.8, 4) is 0 Å². The number of rotatable bonds is 20. The smallest absolute Gasteiger partial charge is 0.325 e. The normalized spacial score (nSPS) is 20.4. The van der Waals surface area contributed by atoms with Gasteiger partial charge in [0.15, 0.2) is 0 Å². The Morgan fingerprint density at radius 2 is 1.14 bits per heavy atom. The van der Waals surface area contributed by atoms with E-state index in [2.05, 4.69) is 31.9 Å². The lowest BCUT2D eigenvalue weighted by Gasteiger charge is -2.31. The summed E-state index contributed by atoms with van der Waals surface area (Å²) < 4.78 is 0. The number of carboxylic acids is 1. The van der Waals surface area contributed by atoms with E-state index in [1.807, 2.05) is 27.7 Å². The average Bonchev–Trinajstić information content (AvgIpc) is 3.82. The van der Waals surface area contributed by atoms with Gasteiger partial charge in [0.25, 0.3) is 0 Å². The third kappa shape index (κ3) is 14.6. The first-order valence-corrected chi connectivity index (χ1v) is 19.6. The Morgan fingerprint density at radius 3 is 1.65 bits per heavy atom. The summed E-state index contributed by atoms with van der Waals surface area (Å²) in [6.07, 6.45) is 0.580. The molecule has 0 bridgehead atoms. The van der Waals surface area contributed by atoms with E-state index >= 15 is 0 Å². The molecule has 20 heteroatoms. The molecule has 0 saturated carbocycles. The Kier molecular flexibility index (Phi) is 18.8. The van der Waals surface area contributed by atoms with Crippen LogP contribution in [0.1, 0.15) is 93.9 Å². The molecule has 0 unspecified atom stereocenters. The van der Waals surface area contributed by atoms with Crippen LogP contribution >= 0.6 is 0 Å². The molecule has 0 aromatic carbocycles. The minimum Gasteiger partial charge on any atom is -0.480 e. The maximum absolute atomic E-state index is 13.8. The zero-order valence-electron chi connectivity index (χ0n) is 34.3. The molecule has 0 aliphatic carbocycles. The molecule has 2 heterocycles. The second kappa shape index (κ2) is 22.2. The number of aliphatic hydroxyl groups is 1. The van der Waals surface area contributed by atoms with Crippen LogP contribution in [0, 0.1) is 11.8 Å². The summed E-state index contributed by atoms with van der Waals surface area (Å²) in [6.45, 7) is 12.8. The van der Waals surface area contributed by atoms with Crippen molar-refractivity contribution < 1.29 is 53.4 Å². The van der Waals surface area contributed by atoms with Gasteiger partial charge in [-0.05, 0) is 78.1 Å². The summed E-state index contributed by atoms with van der Waals surface area (Å²) in [6, 6.07) is -8.63. The van der Waals surface area contributed by atoms with E-state index in [4.69, 9.17) is 10.8 Å². The predicted molar refractivity (Wildman–Crippen MR) is 205 cm³/mol. The van der Waals surface area contributed by atoms with Crippen molar-refractivity contribution in [3.63, 3.8) is 0 Å². The number of likely N-dealkylation sites (tertiary alicyclic amines) is 2. The molecule has 57 heavy (non-hydrogen) atoms. The highest BCUT2D eigenvalue weighted by molar-refractivity contribution is 5.97. The number of nitrogens with one attached hydrogen (secondary N) is 6. The molecule has 8 amide bonds. The van der Waals surface area contributed by atoms with Crippen LogP contribution in [-0.2, 0) is 43.2 Å². The van der Waals surface area contributed by atoms with Crippen LogP contribution in [-0.4, -0.2) is 147 Å². The fraction of sp³-hybridized carbons (Fsp3) is 0.757. The lowest BCUT2D eigenvalue weighted by molar-refractivity contribution is -0.144. The van der Waals surface area contributed by atoms with Crippen LogP contribution in [0.15, 0.2) is 0 Å². The van der Waals surface area contributed by atoms with Gasteiger partial charge in [0, 0.05) is 13.1 Å². The maximum atomic E-state index is 13.8. The molecule has 2 saturated heterocycles. The second-order valence-corrected chi connectivity index (χ2v) is 15.9. The maximum Gasteiger partial charge on any atom is 0.325 e. The van der Waals surface area contributed by atoms with Gasteiger partial charge in [-0.15, -0.1) is 0 Å². The van der Waals surface area contributed by atoms with Crippen molar-refractivity contribution in [1.82, 2.24) is 41.7 Å². The minimum absolute atomic E-state index is 0.0419. The van der Waals surface area contributed by atoms with Gasteiger partial charge in [-0.25, -0.2) is 0 Å². The predicted octanol–water partition coefficient (Wildman–Crippen LogP) is -2.55. The molecule has 2 fully saturated rings. The van der Waals surface area contributed by atoms with Crippen molar-refractivity contribution in [1.29, 1.82) is 0 Å². The number of aliphatic hydroxyl groups excluding tert-OH is 1. The molecular formula is C37H63N9O11. The summed E-state index contributed by atoms with van der Waals surface area (Å²) in [5, 5.41) is 34.4. The second-order valence-electron chi connectivity index (χ2n) is 15.9. The topological polar surface area (TPSA) is 299 Å². The van der Waals surface area contributed by atoms with Crippen molar-refractivity contribution in [2.45, 2.75) is 148 Å². The van der Waals surface area contributed by atoms with Crippen LogP contribution in [0.5, 0.6) is 0 Å². The molecule has 0 aromatic heterocycles. The first kappa shape index (κ1) is 48.3. The number of nitrogens with two attached hydrogens (primary N) is 1. The molecule has 2 aliphatic heterocycles. The number of carbonyl (C=O) groups excluding carboxylic acids is 8. The van der Waals surface area contributed by atoms with Gasteiger partial charge < -0.3 is 57.6 Å². The fourth-order valence-electron chi connectivity index (χ4n) is 6.68. The Morgan fingerprint density at radius 1 is 0.632 bits per heavy atom. The van der Waals surface area contributed by atoms with E-state index in [1.165, 1.54) is 37.5 Å². The molecule has 0 aromatic rings. The number of hydrogen-bond acceptors (Lipinski definition) is 11. The number of hydrogen-bond donors (Lipinski definition) is 9. The zero-order valence-corrected chi connectivity index (χ0v) is 34.3. The van der Waals surface area contributed by atoms with Gasteiger partial charge in [-0.1, -0.05) is 27.7 Å². The number of carbonyl (C=O) groups is 9. The number of carboxylic acid groups (broad SMARTS) is 1. The van der Waals surface area contributed by atoms with Crippen molar-refractivity contribution in [3.05, 3.63) is 0 Å². The standard InChI is InChI=1S/C37H63N9O11/c1-18(2)15-24(43-30(49)20(5)38)31(50)40-21(6)35(54)45-13-9-11-26(45)32(51)39-17-28(48)42-25(16-19(3)4)36(55)46-14-10-12-27(46)33(52)44-29(23(8)47)34(53)41-22(7)37(56)57/h18-27,29,47H,9-17,38H2,1-8H3,(H,39,51)(H,40,50)(H,41,53)(H,42,48)(H,43,49)(H,44,52)(H,56,57)/t20-,21-,22-,23+,24-,25-,26-,27-,29-/m0/s1. The quantitative estimate of drug-likeness (QED) is 0.0615. The minimum atomic E-state index is -1.50. The zero-order chi connectivity index (χ0) is 43.3. The van der Waals surface area contributed by atoms with Gasteiger partial charge in [-0.3, -0.25) is 43.2 Å². The van der Waals surface area contributed by atoms with Gasteiger partial charge in [0.2, 0.25) is 47.3 Å². The van der Waals surface area contributed by atoms with Gasteiger partial charge >= 0.3 is 5.97 Å². The van der Waals surface area contributed by atoms with E-state index in [0.29, 0.717) is 25.7 Å². The molecular weight excluding hydrogens is 746 g/mol. The third-order valence-corrected chi connectivity index (χ3v) is 9.72. The lowest BCUT2D eigenvalue weighted by Crippen LogP contribution is -2.60. The monoisotopic (exact) mass is 809 g/mol. The summed E-state index contributed by atoms with van der Waals surface area (Å²) in [4.78, 5) is 119. The van der Waals surface area contributed by atoms with E-state index in [1.54, 1.807) is 0 Å². The Hall–Kier alpha value is -4.85. The van der Waals surface area contributed by atoms with Crippen LogP contribution < -0.4 is 37.6 Å². The Labute approximate surface area is 333 Å². The van der Waals surface area contributed by atoms with Gasteiger partial charge in [-0.2, -0.15) is 0 Å². The first-order valence-electron chi connectivity index (χ1n) is 19.6. The highest BCUT2D eigenvalue weighted by Gasteiger charge is 2.41. The number of nitrogens with zero attached hydrogens (tertiary/aromatic N) is 2. The van der Waals surface area contributed by atoms with E-state index < -0.39 is 114 Å². The van der Waals surface area contributed by atoms with Crippen molar-refractivity contribution in [2.24, 2.45) is 17.6 Å². The molecule has 20 nitrogen and oxygen atoms in total. The Balaban J connectivity index is 2.06. The van der Waals surface area contributed by atoms with Crippen LogP contribution in [0.2, 0.25) is 0 Å². The SMILES string of the molecule is CC(C)C[C@H](NC(=O)[C@H](C)N)C(=O)N[C@@H](C)C(=O)N1CCC[C@H]1C(=O)NCC(=O)N[C@@H](CC(C)C)C(=O)N1CCC[C@H]1C(=O)N[C@H](C(=O)N[C@@H](C)C(=O)O)[C@@H](C)O. The summed E-state index contributed by atoms with van der Waals surface area (Å²) in [5.74, 6) is -6.46. The van der Waals surface area contributed by atoms with E-state index in [0.717, 1.165) is 0 Å². The first-order chi connectivity index (χ1) is 26.5. The Bertz CT molecular complexity index is 1490. The van der Waals surface area contributed by atoms with E-state index in [-0.39, 0.29) is 37.8 Å². The molecule has 0 spiro atoms. The molecule has 10 N–H and O–H groups in total. The number of amides is 8. The van der Waals surface area contributed by atoms with Gasteiger partial charge in [0.1, 0.15) is 42.3 Å². The van der Waals surface area contributed by atoms with Crippen LogP contribution in [0.3, 0.4) is 0 Å². The average molecular weight is 810 g/mol. The highest BCUT2D eigenvalue weighted by Crippen LogP contribution is 2.22. The number of aliphatic carboxylic acids is 1. The molecule has 322 valence electrons. The molecule has 0 radical (unpaired) electrons. The largest absolute Gasteiger partial charge is 0.480 e. The van der Waals surface area contributed by atoms with E-state index in [9.17, 15) is 48.3 Å².